The fourth-order valence-electron chi connectivity index (χ4n) is 2.58. The Morgan fingerprint density at radius 2 is 1.92 bits per heavy atom. The second-order valence-electron chi connectivity index (χ2n) is 5.61. The Labute approximate surface area is 138 Å². The highest BCUT2D eigenvalue weighted by molar-refractivity contribution is 7.89. The quantitative estimate of drug-likeness (QED) is 0.767. The van der Waals surface area contributed by atoms with E-state index in [1.54, 1.807) is 0 Å². The molecule has 0 saturated carbocycles. The summed E-state index contributed by atoms with van der Waals surface area (Å²) < 4.78 is 79.5. The minimum Gasteiger partial charge on any atom is -0.314 e. The first-order valence-corrected chi connectivity index (χ1v) is 8.87. The van der Waals surface area contributed by atoms with Crippen LogP contribution in [0.3, 0.4) is 0 Å². The van der Waals surface area contributed by atoms with E-state index in [9.17, 15) is 26.0 Å². The van der Waals surface area contributed by atoms with Gasteiger partial charge in [0, 0.05) is 32.7 Å². The highest BCUT2D eigenvalue weighted by atomic mass is 32.2. The predicted molar refractivity (Wildman–Crippen MR) is 80.6 cm³/mol. The summed E-state index contributed by atoms with van der Waals surface area (Å²) in [5.41, 5.74) is 0.259. The molecule has 0 spiro atoms. The Hall–Kier alpha value is -1.23. The van der Waals surface area contributed by atoms with Gasteiger partial charge in [-0.05, 0) is 24.6 Å². The average Bonchev–Trinajstić information content (AvgIpc) is 2.49. The number of nitrogens with zero attached hydrogens (tertiary/aromatic N) is 1. The molecule has 2 N–H and O–H groups in total. The molecule has 24 heavy (non-hydrogen) atoms. The predicted octanol–water partition coefficient (Wildman–Crippen LogP) is 1.25. The van der Waals surface area contributed by atoms with Crippen LogP contribution in [0.15, 0.2) is 23.1 Å². The van der Waals surface area contributed by atoms with E-state index in [-0.39, 0.29) is 23.5 Å². The van der Waals surface area contributed by atoms with Crippen LogP contribution in [0.5, 0.6) is 0 Å². The maximum absolute atomic E-state index is 13.3. The summed E-state index contributed by atoms with van der Waals surface area (Å²) in [7, 11) is -4.24. The number of alkyl halides is 3. The summed E-state index contributed by atoms with van der Waals surface area (Å²) in [5, 5.41) is 2.94. The van der Waals surface area contributed by atoms with E-state index < -0.39 is 34.6 Å². The van der Waals surface area contributed by atoms with Gasteiger partial charge >= 0.3 is 6.18 Å². The van der Waals surface area contributed by atoms with E-state index in [4.69, 9.17) is 0 Å². The molecule has 1 heterocycles. The number of sulfonamides is 1. The third kappa shape index (κ3) is 4.65. The number of aryl methyl sites for hydroxylation is 1. The minimum absolute atomic E-state index is 0.172. The third-order valence-electron chi connectivity index (χ3n) is 3.88. The summed E-state index contributed by atoms with van der Waals surface area (Å²) in [6, 6.07) is 1.23. The normalized spacial score (nSPS) is 18.5. The van der Waals surface area contributed by atoms with Crippen molar-refractivity contribution < 1.29 is 26.0 Å². The molecule has 1 aromatic carbocycles. The number of rotatable bonds is 5. The van der Waals surface area contributed by atoms with Gasteiger partial charge in [-0.3, -0.25) is 4.90 Å². The molecule has 10 heteroatoms. The van der Waals surface area contributed by atoms with Crippen LogP contribution in [0.25, 0.3) is 0 Å². The molecule has 2 rings (SSSR count). The molecule has 1 unspecified atom stereocenters. The number of halogens is 4. The number of piperazine rings is 1. The summed E-state index contributed by atoms with van der Waals surface area (Å²) in [5.74, 6) is -0.768. The van der Waals surface area contributed by atoms with E-state index in [1.165, 1.54) is 17.9 Å². The van der Waals surface area contributed by atoms with E-state index >= 15 is 0 Å². The summed E-state index contributed by atoms with van der Waals surface area (Å²) in [6.45, 7) is 1.79. The van der Waals surface area contributed by atoms with Crippen molar-refractivity contribution in [2.45, 2.75) is 24.0 Å². The zero-order valence-corrected chi connectivity index (χ0v) is 13.8. The summed E-state index contributed by atoms with van der Waals surface area (Å²) >= 11 is 0. The standard InChI is InChI=1S/C14H19F4N3O2S/c1-10-2-3-11(15)8-12(10)24(22,23)20-9-13(14(16,17)18)21-6-4-19-5-7-21/h2-3,8,13,19-20H,4-7,9H2,1H3. The van der Waals surface area contributed by atoms with Gasteiger partial charge in [0.1, 0.15) is 11.9 Å². The molecule has 0 aliphatic carbocycles. The van der Waals surface area contributed by atoms with Crippen LogP contribution in [0.4, 0.5) is 17.6 Å². The van der Waals surface area contributed by atoms with Gasteiger partial charge in [-0.1, -0.05) is 6.07 Å². The van der Waals surface area contributed by atoms with Crippen molar-refractivity contribution in [1.82, 2.24) is 14.9 Å². The van der Waals surface area contributed by atoms with Crippen molar-refractivity contribution in [2.75, 3.05) is 32.7 Å². The molecule has 0 bridgehead atoms. The van der Waals surface area contributed by atoms with E-state index in [2.05, 4.69) is 5.32 Å². The summed E-state index contributed by atoms with van der Waals surface area (Å²) in [6.07, 6.45) is -4.57. The monoisotopic (exact) mass is 369 g/mol. The van der Waals surface area contributed by atoms with Crippen LogP contribution in [-0.2, 0) is 10.0 Å². The molecular weight excluding hydrogens is 350 g/mol. The van der Waals surface area contributed by atoms with E-state index in [0.717, 1.165) is 12.1 Å². The lowest BCUT2D eigenvalue weighted by atomic mass is 10.2. The van der Waals surface area contributed by atoms with Crippen LogP contribution in [0.2, 0.25) is 0 Å². The third-order valence-corrected chi connectivity index (χ3v) is 5.44. The van der Waals surface area contributed by atoms with Gasteiger partial charge in [0.2, 0.25) is 10.0 Å². The fourth-order valence-corrected chi connectivity index (χ4v) is 3.87. The molecule has 5 nitrogen and oxygen atoms in total. The maximum Gasteiger partial charge on any atom is 0.405 e. The van der Waals surface area contributed by atoms with Crippen molar-refractivity contribution in [3.63, 3.8) is 0 Å². The van der Waals surface area contributed by atoms with Crippen LogP contribution < -0.4 is 10.0 Å². The molecule has 1 fully saturated rings. The van der Waals surface area contributed by atoms with Gasteiger partial charge in [-0.15, -0.1) is 0 Å². The molecule has 1 aliphatic heterocycles. The molecular formula is C14H19F4N3O2S. The zero-order valence-electron chi connectivity index (χ0n) is 13.0. The minimum atomic E-state index is -4.57. The average molecular weight is 369 g/mol. The molecule has 1 aromatic rings. The van der Waals surface area contributed by atoms with Crippen LogP contribution in [-0.4, -0.2) is 58.3 Å². The highest BCUT2D eigenvalue weighted by Crippen LogP contribution is 2.25. The van der Waals surface area contributed by atoms with Gasteiger partial charge in [0.25, 0.3) is 0 Å². The van der Waals surface area contributed by atoms with Gasteiger partial charge in [-0.2, -0.15) is 13.2 Å². The van der Waals surface area contributed by atoms with Crippen molar-refractivity contribution in [1.29, 1.82) is 0 Å². The van der Waals surface area contributed by atoms with Gasteiger partial charge < -0.3 is 5.32 Å². The SMILES string of the molecule is Cc1ccc(F)cc1S(=O)(=O)NCC(N1CCNCC1)C(F)(F)F. The molecule has 0 radical (unpaired) electrons. The number of nitrogens with one attached hydrogen (secondary N) is 2. The Kier molecular flexibility index (Phi) is 5.84. The first-order chi connectivity index (χ1) is 11.1. The zero-order chi connectivity index (χ0) is 18.0. The van der Waals surface area contributed by atoms with Gasteiger partial charge in [0.15, 0.2) is 0 Å². The lowest BCUT2D eigenvalue weighted by Crippen LogP contribution is -2.57. The molecule has 0 amide bonds. The smallest absolute Gasteiger partial charge is 0.314 e. The second kappa shape index (κ2) is 7.34. The van der Waals surface area contributed by atoms with Crippen LogP contribution in [0.1, 0.15) is 5.56 Å². The van der Waals surface area contributed by atoms with Crippen molar-refractivity contribution in [3.8, 4) is 0 Å². The Morgan fingerprint density at radius 3 is 2.50 bits per heavy atom. The fraction of sp³-hybridized carbons (Fsp3) is 0.571. The van der Waals surface area contributed by atoms with Crippen LogP contribution >= 0.6 is 0 Å². The second-order valence-corrected chi connectivity index (χ2v) is 7.34. The Bertz CT molecular complexity index is 673. The largest absolute Gasteiger partial charge is 0.405 e. The lowest BCUT2D eigenvalue weighted by molar-refractivity contribution is -0.182. The molecule has 1 saturated heterocycles. The Balaban J connectivity index is 2.17. The van der Waals surface area contributed by atoms with Crippen molar-refractivity contribution >= 4 is 10.0 Å². The molecule has 1 aliphatic rings. The van der Waals surface area contributed by atoms with E-state index in [0.29, 0.717) is 13.1 Å². The molecule has 136 valence electrons. The van der Waals surface area contributed by atoms with E-state index in [1.807, 2.05) is 4.72 Å². The van der Waals surface area contributed by atoms with Crippen molar-refractivity contribution in [3.05, 3.63) is 29.6 Å². The summed E-state index contributed by atoms with van der Waals surface area (Å²) in [4.78, 5) is 0.834. The van der Waals surface area contributed by atoms with Crippen molar-refractivity contribution in [2.24, 2.45) is 0 Å². The first-order valence-electron chi connectivity index (χ1n) is 7.38. The molecule has 0 aromatic heterocycles. The van der Waals surface area contributed by atoms with Gasteiger partial charge in [0.05, 0.1) is 4.90 Å². The number of benzene rings is 1. The maximum atomic E-state index is 13.3. The molecule has 1 atom stereocenters. The topological polar surface area (TPSA) is 61.4 Å². The lowest BCUT2D eigenvalue weighted by Gasteiger charge is -2.35. The number of hydrogen-bond acceptors (Lipinski definition) is 4. The number of hydrogen-bond donors (Lipinski definition) is 2. The Morgan fingerprint density at radius 1 is 1.29 bits per heavy atom. The van der Waals surface area contributed by atoms with Crippen LogP contribution in [0, 0.1) is 12.7 Å². The first kappa shape index (κ1) is 19.1. The van der Waals surface area contributed by atoms with Gasteiger partial charge in [-0.25, -0.2) is 17.5 Å². The highest BCUT2D eigenvalue weighted by Gasteiger charge is 2.44.